The number of hydrogen-bond acceptors (Lipinski definition) is 3. The summed E-state index contributed by atoms with van der Waals surface area (Å²) in [6.45, 7) is 4.96. The lowest BCUT2D eigenvalue weighted by Crippen LogP contribution is -2.34. The molecule has 2 aromatic rings. The first-order chi connectivity index (χ1) is 14.1. The molecule has 2 unspecified atom stereocenters. The highest BCUT2D eigenvalue weighted by atomic mass is 35.5. The highest BCUT2D eigenvalue weighted by molar-refractivity contribution is 6.07. The first kappa shape index (κ1) is 22.3. The third-order valence-corrected chi connectivity index (χ3v) is 6.20. The van der Waals surface area contributed by atoms with Crippen molar-refractivity contribution < 1.29 is 9.59 Å². The number of piperidine rings is 1. The molecule has 0 radical (unpaired) electrons. The molecule has 2 N–H and O–H groups in total. The molecule has 0 bridgehead atoms. The van der Waals surface area contributed by atoms with Gasteiger partial charge in [0.05, 0.1) is 0 Å². The van der Waals surface area contributed by atoms with Crippen molar-refractivity contribution in [1.82, 2.24) is 5.32 Å². The first-order valence-electron chi connectivity index (χ1n) is 10.6. The number of hydrogen-bond donors (Lipinski definition) is 2. The third-order valence-electron chi connectivity index (χ3n) is 6.20. The average Bonchev–Trinajstić information content (AvgIpc) is 3.18. The number of benzene rings is 2. The van der Waals surface area contributed by atoms with Gasteiger partial charge in [-0.2, -0.15) is 0 Å². The lowest BCUT2D eigenvalue weighted by atomic mass is 9.85. The summed E-state index contributed by atoms with van der Waals surface area (Å²) in [7, 11) is 0. The van der Waals surface area contributed by atoms with Gasteiger partial charge in [-0.3, -0.25) is 9.59 Å². The van der Waals surface area contributed by atoms with Crippen molar-refractivity contribution in [2.45, 2.75) is 32.6 Å². The maximum atomic E-state index is 12.9. The highest BCUT2D eigenvalue weighted by Gasteiger charge is 2.25. The molecule has 2 aromatic carbocycles. The van der Waals surface area contributed by atoms with E-state index in [9.17, 15) is 9.59 Å². The predicted octanol–water partition coefficient (Wildman–Crippen LogP) is 4.28. The molecule has 2 aliphatic heterocycles. The SMILES string of the molecule is CC(CC(=O)Nc1ccc(C(=O)N2CCc3ccccc32)cc1)C1CCCNC1.Cl. The van der Waals surface area contributed by atoms with Gasteiger partial charge in [0.1, 0.15) is 0 Å². The van der Waals surface area contributed by atoms with E-state index in [0.29, 0.717) is 30.4 Å². The molecule has 0 aliphatic carbocycles. The van der Waals surface area contributed by atoms with Crippen LogP contribution in [0.3, 0.4) is 0 Å². The molecule has 2 heterocycles. The van der Waals surface area contributed by atoms with Crippen molar-refractivity contribution >= 4 is 35.6 Å². The van der Waals surface area contributed by atoms with Crippen LogP contribution in [0.5, 0.6) is 0 Å². The molecular weight excluding hydrogens is 398 g/mol. The van der Waals surface area contributed by atoms with Crippen LogP contribution in [0, 0.1) is 11.8 Å². The third kappa shape index (κ3) is 5.02. The van der Waals surface area contributed by atoms with Crippen LogP contribution in [-0.4, -0.2) is 31.4 Å². The van der Waals surface area contributed by atoms with Crippen molar-refractivity contribution in [3.63, 3.8) is 0 Å². The lowest BCUT2D eigenvalue weighted by Gasteiger charge is -2.28. The summed E-state index contributed by atoms with van der Waals surface area (Å²) in [6.07, 6.45) is 3.80. The van der Waals surface area contributed by atoms with Gasteiger partial charge in [-0.25, -0.2) is 0 Å². The van der Waals surface area contributed by atoms with Crippen molar-refractivity contribution in [1.29, 1.82) is 0 Å². The normalized spacial score (nSPS) is 18.8. The van der Waals surface area contributed by atoms with Gasteiger partial charge in [0.25, 0.3) is 5.91 Å². The van der Waals surface area contributed by atoms with Gasteiger partial charge in [0, 0.05) is 29.9 Å². The van der Waals surface area contributed by atoms with Gasteiger partial charge >= 0.3 is 0 Å². The quantitative estimate of drug-likeness (QED) is 0.748. The van der Waals surface area contributed by atoms with E-state index >= 15 is 0 Å². The smallest absolute Gasteiger partial charge is 0.258 e. The molecule has 30 heavy (non-hydrogen) atoms. The van der Waals surface area contributed by atoms with E-state index in [-0.39, 0.29) is 24.2 Å². The van der Waals surface area contributed by atoms with E-state index in [1.54, 1.807) is 12.1 Å². The number of carbonyl (C=O) groups is 2. The molecule has 0 aromatic heterocycles. The van der Waals surface area contributed by atoms with Crippen LogP contribution in [0.4, 0.5) is 11.4 Å². The number of anilines is 2. The van der Waals surface area contributed by atoms with Crippen LogP contribution in [0.1, 0.15) is 42.1 Å². The number of nitrogens with zero attached hydrogens (tertiary/aromatic N) is 1. The van der Waals surface area contributed by atoms with Crippen LogP contribution < -0.4 is 15.5 Å². The molecule has 5 nitrogen and oxygen atoms in total. The molecule has 0 spiro atoms. The molecule has 2 aliphatic rings. The van der Waals surface area contributed by atoms with Gasteiger partial charge in [0.15, 0.2) is 0 Å². The Bertz CT molecular complexity index is 878. The van der Waals surface area contributed by atoms with Crippen molar-refractivity contribution in [3.05, 3.63) is 59.7 Å². The molecule has 1 saturated heterocycles. The van der Waals surface area contributed by atoms with E-state index < -0.39 is 0 Å². The largest absolute Gasteiger partial charge is 0.326 e. The standard InChI is InChI=1S/C24H29N3O2.ClH/c1-17(20-6-4-13-25-16-20)15-23(28)26-21-10-8-19(9-11-21)24(29)27-14-12-18-5-2-3-7-22(18)27;/h2-3,5,7-11,17,20,25H,4,6,12-16H2,1H3,(H,26,28);1H. The van der Waals surface area contributed by atoms with Gasteiger partial charge in [-0.1, -0.05) is 25.1 Å². The maximum Gasteiger partial charge on any atom is 0.258 e. The fraction of sp³-hybridized carbons (Fsp3) is 0.417. The summed E-state index contributed by atoms with van der Waals surface area (Å²) in [5, 5.41) is 6.40. The Morgan fingerprint density at radius 3 is 2.67 bits per heavy atom. The molecule has 4 rings (SSSR count). The van der Waals surface area contributed by atoms with E-state index in [0.717, 1.165) is 30.9 Å². The Hall–Kier alpha value is -2.37. The Kier molecular flexibility index (Phi) is 7.51. The van der Waals surface area contributed by atoms with Crippen LogP contribution in [0.25, 0.3) is 0 Å². The van der Waals surface area contributed by atoms with E-state index in [2.05, 4.69) is 23.6 Å². The molecule has 2 amide bonds. The van der Waals surface area contributed by atoms with Crippen LogP contribution in [0.15, 0.2) is 48.5 Å². The van der Waals surface area contributed by atoms with E-state index in [4.69, 9.17) is 0 Å². The fourth-order valence-electron chi connectivity index (χ4n) is 4.44. The minimum atomic E-state index is 0. The number of para-hydroxylation sites is 1. The van der Waals surface area contributed by atoms with Crippen molar-refractivity contribution in [2.75, 3.05) is 29.9 Å². The van der Waals surface area contributed by atoms with Gasteiger partial charge < -0.3 is 15.5 Å². The first-order valence-corrected chi connectivity index (χ1v) is 10.6. The summed E-state index contributed by atoms with van der Waals surface area (Å²) >= 11 is 0. The van der Waals surface area contributed by atoms with Gasteiger partial charge in [0.2, 0.25) is 5.91 Å². The summed E-state index contributed by atoms with van der Waals surface area (Å²) in [5.41, 5.74) is 3.59. The Labute approximate surface area is 184 Å². The number of carbonyl (C=O) groups excluding carboxylic acids is 2. The average molecular weight is 428 g/mol. The van der Waals surface area contributed by atoms with Crippen molar-refractivity contribution in [3.8, 4) is 0 Å². The van der Waals surface area contributed by atoms with E-state index in [1.165, 1.54) is 18.4 Å². The predicted molar refractivity (Wildman–Crippen MR) is 124 cm³/mol. The van der Waals surface area contributed by atoms with Crippen LogP contribution >= 0.6 is 12.4 Å². The fourth-order valence-corrected chi connectivity index (χ4v) is 4.44. The number of nitrogens with one attached hydrogen (secondary N) is 2. The number of fused-ring (bicyclic) bond motifs is 1. The van der Waals surface area contributed by atoms with Gasteiger partial charge in [-0.05, 0) is 80.1 Å². The molecule has 6 heteroatoms. The maximum absolute atomic E-state index is 12.9. The second kappa shape index (κ2) is 10.1. The Morgan fingerprint density at radius 2 is 1.93 bits per heavy atom. The monoisotopic (exact) mass is 427 g/mol. The zero-order valence-electron chi connectivity index (χ0n) is 17.4. The molecule has 160 valence electrons. The van der Waals surface area contributed by atoms with Crippen molar-refractivity contribution in [2.24, 2.45) is 11.8 Å². The molecular formula is C24H30ClN3O2. The Balaban J connectivity index is 0.00000256. The highest BCUT2D eigenvalue weighted by Crippen LogP contribution is 2.29. The van der Waals surface area contributed by atoms with E-state index in [1.807, 2.05) is 35.2 Å². The topological polar surface area (TPSA) is 61.4 Å². The number of halogens is 1. The molecule has 1 fully saturated rings. The summed E-state index contributed by atoms with van der Waals surface area (Å²) < 4.78 is 0. The summed E-state index contributed by atoms with van der Waals surface area (Å²) in [4.78, 5) is 27.2. The summed E-state index contributed by atoms with van der Waals surface area (Å²) in [5.74, 6) is 0.971. The number of rotatable bonds is 5. The lowest BCUT2D eigenvalue weighted by molar-refractivity contribution is -0.117. The summed E-state index contributed by atoms with van der Waals surface area (Å²) in [6, 6.07) is 15.3. The second-order valence-corrected chi connectivity index (χ2v) is 8.25. The zero-order chi connectivity index (χ0) is 20.2. The van der Waals surface area contributed by atoms with Crippen LogP contribution in [-0.2, 0) is 11.2 Å². The molecule has 2 atom stereocenters. The minimum absolute atomic E-state index is 0. The second-order valence-electron chi connectivity index (χ2n) is 8.25. The van der Waals surface area contributed by atoms with Crippen LogP contribution in [0.2, 0.25) is 0 Å². The zero-order valence-corrected chi connectivity index (χ0v) is 18.2. The minimum Gasteiger partial charge on any atom is -0.326 e. The molecule has 0 saturated carbocycles. The number of amides is 2. The Morgan fingerprint density at radius 1 is 1.17 bits per heavy atom. The van der Waals surface area contributed by atoms with Gasteiger partial charge in [-0.15, -0.1) is 12.4 Å².